The van der Waals surface area contributed by atoms with Crippen LogP contribution in [-0.4, -0.2) is 23.5 Å². The summed E-state index contributed by atoms with van der Waals surface area (Å²) in [5, 5.41) is 0. The Bertz CT molecular complexity index is 799. The van der Waals surface area contributed by atoms with Crippen LogP contribution in [0.25, 0.3) is 12.2 Å². The van der Waals surface area contributed by atoms with Crippen LogP contribution in [0.15, 0.2) is 60.8 Å². The predicted molar refractivity (Wildman–Crippen MR) is 112 cm³/mol. The number of hydrogen-bond donors (Lipinski definition) is 0. The highest BCUT2D eigenvalue weighted by Gasteiger charge is 2.02. The van der Waals surface area contributed by atoms with Gasteiger partial charge in [-0.3, -0.25) is 9.88 Å². The molecule has 0 fully saturated rings. The number of pyridine rings is 1. The average molecular weight is 345 g/mol. The Kier molecular flexibility index (Phi) is 7.38. The van der Waals surface area contributed by atoms with Gasteiger partial charge in [0.25, 0.3) is 0 Å². The van der Waals surface area contributed by atoms with E-state index < -0.39 is 0 Å². The minimum Gasteiger partial charge on any atom is -0.298 e. The fourth-order valence-corrected chi connectivity index (χ4v) is 2.38. The van der Waals surface area contributed by atoms with Gasteiger partial charge in [-0.25, -0.2) is 0 Å². The van der Waals surface area contributed by atoms with Crippen molar-refractivity contribution in [3.05, 3.63) is 77.6 Å². The molecule has 1 aromatic heterocycles. The minimum absolute atomic E-state index is 0.0550. The lowest BCUT2D eigenvalue weighted by Crippen LogP contribution is -2.17. The molecule has 0 unspecified atom stereocenters. The Balaban J connectivity index is 1.90. The number of aromatic nitrogens is 1. The third kappa shape index (κ3) is 7.96. The van der Waals surface area contributed by atoms with E-state index >= 15 is 0 Å². The minimum atomic E-state index is 0.0550. The monoisotopic (exact) mass is 344 g/mol. The largest absolute Gasteiger partial charge is 0.298 e. The van der Waals surface area contributed by atoms with Gasteiger partial charge in [0.2, 0.25) is 0 Å². The van der Waals surface area contributed by atoms with Gasteiger partial charge in [-0.2, -0.15) is 0 Å². The first-order chi connectivity index (χ1) is 12.4. The zero-order chi connectivity index (χ0) is 18.8. The second-order valence-electron chi connectivity index (χ2n) is 7.45. The van der Waals surface area contributed by atoms with Crippen LogP contribution in [0.1, 0.15) is 37.6 Å². The van der Waals surface area contributed by atoms with Crippen molar-refractivity contribution in [2.75, 3.05) is 13.6 Å². The quantitative estimate of drug-likeness (QED) is 0.662. The van der Waals surface area contributed by atoms with Crippen molar-refractivity contribution in [1.29, 1.82) is 0 Å². The lowest BCUT2D eigenvalue weighted by Gasteiger charge is -2.14. The molecule has 1 aromatic carbocycles. The highest BCUT2D eigenvalue weighted by atomic mass is 15.1. The third-order valence-electron chi connectivity index (χ3n) is 3.60. The first-order valence-corrected chi connectivity index (χ1v) is 8.97. The van der Waals surface area contributed by atoms with Crippen LogP contribution < -0.4 is 0 Å². The third-order valence-corrected chi connectivity index (χ3v) is 3.60. The van der Waals surface area contributed by atoms with E-state index in [-0.39, 0.29) is 5.41 Å². The lowest BCUT2D eigenvalue weighted by molar-refractivity contribution is 0.363. The highest BCUT2D eigenvalue weighted by molar-refractivity contribution is 5.68. The maximum atomic E-state index is 4.31. The maximum Gasteiger partial charge on any atom is 0.0629 e. The Labute approximate surface area is 158 Å². The number of hydrogen-bond acceptors (Lipinski definition) is 2. The molecule has 0 aliphatic carbocycles. The van der Waals surface area contributed by atoms with Gasteiger partial charge in [-0.15, -0.1) is 0 Å². The van der Waals surface area contributed by atoms with Crippen LogP contribution in [0.5, 0.6) is 0 Å². The highest BCUT2D eigenvalue weighted by Crippen LogP contribution is 2.11. The van der Waals surface area contributed by atoms with Crippen LogP contribution in [0.4, 0.5) is 0 Å². The SMILES string of the molecule is CN(CC=CC#CC(C)(C)C)Cc1cccc(C=Cc2ccccn2)c1. The number of rotatable bonds is 6. The van der Waals surface area contributed by atoms with Crippen molar-refractivity contribution in [3.63, 3.8) is 0 Å². The van der Waals surface area contributed by atoms with E-state index in [1.807, 2.05) is 36.5 Å². The predicted octanol–water partition coefficient (Wildman–Crippen LogP) is 5.29. The van der Waals surface area contributed by atoms with Gasteiger partial charge in [0.1, 0.15) is 0 Å². The van der Waals surface area contributed by atoms with Crippen molar-refractivity contribution >= 4 is 12.2 Å². The summed E-state index contributed by atoms with van der Waals surface area (Å²) in [6.07, 6.45) is 10.0. The first-order valence-electron chi connectivity index (χ1n) is 8.97. The van der Waals surface area contributed by atoms with E-state index in [9.17, 15) is 0 Å². The summed E-state index contributed by atoms with van der Waals surface area (Å²) in [5.41, 5.74) is 3.51. The molecule has 2 rings (SSSR count). The molecule has 0 aliphatic heterocycles. The summed E-state index contributed by atoms with van der Waals surface area (Å²) < 4.78 is 0. The molecule has 1 heterocycles. The van der Waals surface area contributed by atoms with Crippen LogP contribution in [0, 0.1) is 17.3 Å². The van der Waals surface area contributed by atoms with Crippen LogP contribution in [0.2, 0.25) is 0 Å². The zero-order valence-electron chi connectivity index (χ0n) is 16.2. The van der Waals surface area contributed by atoms with Crippen molar-refractivity contribution in [2.45, 2.75) is 27.3 Å². The van der Waals surface area contributed by atoms with Gasteiger partial charge in [0, 0.05) is 24.7 Å². The number of benzene rings is 1. The molecular weight excluding hydrogens is 316 g/mol. The van der Waals surface area contributed by atoms with Crippen molar-refractivity contribution in [1.82, 2.24) is 9.88 Å². The van der Waals surface area contributed by atoms with Crippen molar-refractivity contribution in [2.24, 2.45) is 5.41 Å². The molecule has 0 radical (unpaired) electrons. The first kappa shape index (κ1) is 19.7. The number of allylic oxidation sites excluding steroid dienone is 1. The molecule has 0 amide bonds. The standard InChI is InChI=1S/C24H28N2/c1-24(2,3)16-7-5-9-18-26(4)20-22-12-10-11-21(19-22)14-15-23-13-6-8-17-25-23/h5-6,8-15,17,19H,18,20H2,1-4H3. The molecule has 0 saturated carbocycles. The molecule has 0 N–H and O–H groups in total. The number of nitrogens with zero attached hydrogens (tertiary/aromatic N) is 2. The Morgan fingerprint density at radius 3 is 2.65 bits per heavy atom. The summed E-state index contributed by atoms with van der Waals surface area (Å²) in [6.45, 7) is 8.15. The topological polar surface area (TPSA) is 16.1 Å². The molecule has 0 saturated heterocycles. The van der Waals surface area contributed by atoms with Crippen molar-refractivity contribution in [3.8, 4) is 11.8 Å². The van der Waals surface area contributed by atoms with Crippen LogP contribution in [-0.2, 0) is 6.54 Å². The normalized spacial score (nSPS) is 11.9. The Hall–Kier alpha value is -2.63. The smallest absolute Gasteiger partial charge is 0.0629 e. The van der Waals surface area contributed by atoms with Gasteiger partial charge in [-0.1, -0.05) is 54.3 Å². The Morgan fingerprint density at radius 2 is 1.92 bits per heavy atom. The second-order valence-corrected chi connectivity index (χ2v) is 7.45. The molecule has 134 valence electrons. The molecule has 0 bridgehead atoms. The summed E-state index contributed by atoms with van der Waals surface area (Å²) in [4.78, 5) is 6.59. The fraction of sp³-hybridized carbons (Fsp3) is 0.292. The van der Waals surface area contributed by atoms with Gasteiger partial charge >= 0.3 is 0 Å². The lowest BCUT2D eigenvalue weighted by atomic mass is 9.98. The summed E-state index contributed by atoms with van der Waals surface area (Å²) in [6, 6.07) is 14.5. The molecule has 2 aromatic rings. The molecule has 2 nitrogen and oxygen atoms in total. The molecule has 0 atom stereocenters. The molecule has 26 heavy (non-hydrogen) atoms. The van der Waals surface area contributed by atoms with Crippen LogP contribution in [0.3, 0.4) is 0 Å². The van der Waals surface area contributed by atoms with Crippen molar-refractivity contribution < 1.29 is 0 Å². The Morgan fingerprint density at radius 1 is 1.08 bits per heavy atom. The summed E-state index contributed by atoms with van der Waals surface area (Å²) in [7, 11) is 2.12. The van der Waals surface area contributed by atoms with E-state index in [1.54, 1.807) is 0 Å². The van der Waals surface area contributed by atoms with E-state index in [0.717, 1.165) is 18.8 Å². The van der Waals surface area contributed by atoms with Gasteiger partial charge in [-0.05, 0) is 63.2 Å². The average Bonchev–Trinajstić information content (AvgIpc) is 2.60. The summed E-state index contributed by atoms with van der Waals surface area (Å²) in [5.74, 6) is 6.33. The van der Waals surface area contributed by atoms with E-state index in [1.165, 1.54) is 11.1 Å². The van der Waals surface area contributed by atoms with E-state index in [2.05, 4.69) is 86.0 Å². The fourth-order valence-electron chi connectivity index (χ4n) is 2.38. The van der Waals surface area contributed by atoms with Gasteiger partial charge in [0.15, 0.2) is 0 Å². The molecule has 0 spiro atoms. The van der Waals surface area contributed by atoms with E-state index in [4.69, 9.17) is 0 Å². The number of likely N-dealkylation sites (N-methyl/N-ethyl adjacent to an activating group) is 1. The van der Waals surface area contributed by atoms with Gasteiger partial charge in [0.05, 0.1) is 5.69 Å². The molecular formula is C24H28N2. The zero-order valence-corrected chi connectivity index (χ0v) is 16.2. The maximum absolute atomic E-state index is 4.31. The van der Waals surface area contributed by atoms with E-state index in [0.29, 0.717) is 0 Å². The molecule has 2 heteroatoms. The van der Waals surface area contributed by atoms with Gasteiger partial charge < -0.3 is 0 Å². The summed E-state index contributed by atoms with van der Waals surface area (Å²) >= 11 is 0. The van der Waals surface area contributed by atoms with Crippen LogP contribution >= 0.6 is 0 Å². The second kappa shape index (κ2) is 9.75. The molecule has 0 aliphatic rings.